The highest BCUT2D eigenvalue weighted by atomic mass is 35.5. The standard InChI is InChI=1S/C9H10ClNO4S/c10-7-3-1-2-4-8(7)16(14,15)11-6-5-9(12)13/h1-4,11H,5-6H2,(H,12,13)/p-1. The number of aliphatic carboxylic acids is 1. The van der Waals surface area contributed by atoms with E-state index in [9.17, 15) is 18.3 Å². The fraction of sp³-hybridized carbons (Fsp3) is 0.222. The van der Waals surface area contributed by atoms with E-state index in [4.69, 9.17) is 11.6 Å². The monoisotopic (exact) mass is 262 g/mol. The molecule has 0 aliphatic rings. The zero-order valence-corrected chi connectivity index (χ0v) is 9.72. The van der Waals surface area contributed by atoms with Gasteiger partial charge in [0, 0.05) is 18.9 Å². The average Bonchev–Trinajstić information content (AvgIpc) is 2.17. The molecule has 1 aromatic rings. The summed E-state index contributed by atoms with van der Waals surface area (Å²) in [6.45, 7) is -0.226. The molecule has 0 amide bonds. The number of benzene rings is 1. The third-order valence-electron chi connectivity index (χ3n) is 1.75. The third kappa shape index (κ3) is 3.48. The highest BCUT2D eigenvalue weighted by Gasteiger charge is 2.16. The van der Waals surface area contributed by atoms with Crippen LogP contribution in [0.15, 0.2) is 29.2 Å². The number of nitrogens with one attached hydrogen (secondary N) is 1. The molecule has 88 valence electrons. The van der Waals surface area contributed by atoms with Gasteiger partial charge in [0.2, 0.25) is 10.0 Å². The SMILES string of the molecule is O=C([O-])CCNS(=O)(=O)c1ccccc1Cl. The maximum atomic E-state index is 11.6. The van der Waals surface area contributed by atoms with Crippen molar-refractivity contribution in [2.45, 2.75) is 11.3 Å². The van der Waals surface area contributed by atoms with Gasteiger partial charge in [-0.25, -0.2) is 13.1 Å². The summed E-state index contributed by atoms with van der Waals surface area (Å²) >= 11 is 5.70. The van der Waals surface area contributed by atoms with E-state index in [0.717, 1.165) is 0 Å². The first kappa shape index (κ1) is 13.0. The van der Waals surface area contributed by atoms with Crippen molar-refractivity contribution in [1.29, 1.82) is 0 Å². The second-order valence-corrected chi connectivity index (χ2v) is 5.09. The van der Waals surface area contributed by atoms with Crippen molar-refractivity contribution in [2.24, 2.45) is 0 Å². The number of carbonyl (C=O) groups excluding carboxylic acids is 1. The molecular weight excluding hydrogens is 254 g/mol. The van der Waals surface area contributed by atoms with Gasteiger partial charge in [-0.3, -0.25) is 0 Å². The van der Waals surface area contributed by atoms with Gasteiger partial charge in [0.25, 0.3) is 0 Å². The lowest BCUT2D eigenvalue weighted by Gasteiger charge is -2.08. The van der Waals surface area contributed by atoms with Crippen LogP contribution in [0.4, 0.5) is 0 Å². The van der Waals surface area contributed by atoms with Crippen LogP contribution in [0.5, 0.6) is 0 Å². The van der Waals surface area contributed by atoms with Crippen molar-refractivity contribution in [3.05, 3.63) is 29.3 Å². The molecule has 0 saturated carbocycles. The van der Waals surface area contributed by atoms with E-state index < -0.39 is 16.0 Å². The largest absolute Gasteiger partial charge is 0.550 e. The molecule has 0 aliphatic heterocycles. The minimum Gasteiger partial charge on any atom is -0.550 e. The van der Waals surface area contributed by atoms with Crippen molar-refractivity contribution in [2.75, 3.05) is 6.54 Å². The summed E-state index contributed by atoms with van der Waals surface area (Å²) < 4.78 is 25.4. The van der Waals surface area contributed by atoms with Crippen molar-refractivity contribution in [1.82, 2.24) is 4.72 Å². The Kier molecular flexibility index (Phi) is 4.28. The molecule has 0 spiro atoms. The molecule has 0 atom stereocenters. The summed E-state index contributed by atoms with van der Waals surface area (Å²) in [7, 11) is -3.76. The number of sulfonamides is 1. The maximum Gasteiger partial charge on any atom is 0.242 e. The first-order valence-corrected chi connectivity index (χ1v) is 6.23. The van der Waals surface area contributed by atoms with E-state index in [1.54, 1.807) is 6.07 Å². The van der Waals surface area contributed by atoms with E-state index >= 15 is 0 Å². The molecule has 0 saturated heterocycles. The van der Waals surface area contributed by atoms with E-state index in [1.165, 1.54) is 18.2 Å². The van der Waals surface area contributed by atoms with Crippen LogP contribution in [0, 0.1) is 0 Å². The minimum absolute atomic E-state index is 0.0741. The maximum absolute atomic E-state index is 11.6. The van der Waals surface area contributed by atoms with Crippen molar-refractivity contribution in [3.63, 3.8) is 0 Å². The molecule has 0 bridgehead atoms. The Bertz CT molecular complexity index is 486. The summed E-state index contributed by atoms with van der Waals surface area (Å²) in [4.78, 5) is 10.0. The predicted molar refractivity (Wildman–Crippen MR) is 56.3 cm³/mol. The molecular formula is C9H9ClNO4S-. The highest BCUT2D eigenvalue weighted by Crippen LogP contribution is 2.19. The van der Waals surface area contributed by atoms with E-state index in [1.807, 2.05) is 0 Å². The van der Waals surface area contributed by atoms with Crippen LogP contribution in [-0.2, 0) is 14.8 Å². The van der Waals surface area contributed by atoms with Crippen molar-refractivity contribution < 1.29 is 18.3 Å². The van der Waals surface area contributed by atoms with Gasteiger partial charge in [-0.1, -0.05) is 23.7 Å². The number of carboxylic acids is 1. The van der Waals surface area contributed by atoms with Crippen LogP contribution in [-0.4, -0.2) is 20.9 Å². The third-order valence-corrected chi connectivity index (χ3v) is 3.71. The number of hydrogen-bond donors (Lipinski definition) is 1. The first-order valence-electron chi connectivity index (χ1n) is 4.37. The smallest absolute Gasteiger partial charge is 0.242 e. The molecule has 7 heteroatoms. The van der Waals surface area contributed by atoms with Crippen LogP contribution in [0.1, 0.15) is 6.42 Å². The minimum atomic E-state index is -3.76. The lowest BCUT2D eigenvalue weighted by Crippen LogP contribution is -2.31. The normalized spacial score (nSPS) is 11.3. The fourth-order valence-electron chi connectivity index (χ4n) is 1.03. The molecule has 0 heterocycles. The molecule has 1 N–H and O–H groups in total. The van der Waals surface area contributed by atoms with Gasteiger partial charge in [-0.15, -0.1) is 0 Å². The van der Waals surface area contributed by atoms with Crippen LogP contribution < -0.4 is 9.83 Å². The Balaban J connectivity index is 2.79. The van der Waals surface area contributed by atoms with Gasteiger partial charge >= 0.3 is 0 Å². The number of rotatable bonds is 5. The van der Waals surface area contributed by atoms with Gasteiger partial charge in [0.1, 0.15) is 4.90 Å². The summed E-state index contributed by atoms with van der Waals surface area (Å²) in [6.07, 6.45) is -0.385. The number of carbonyl (C=O) groups is 1. The van der Waals surface area contributed by atoms with Gasteiger partial charge in [0.05, 0.1) is 5.02 Å². The lowest BCUT2D eigenvalue weighted by molar-refractivity contribution is -0.305. The molecule has 5 nitrogen and oxygen atoms in total. The Morgan fingerprint density at radius 3 is 2.56 bits per heavy atom. The van der Waals surface area contributed by atoms with E-state index in [2.05, 4.69) is 4.72 Å². The summed E-state index contributed by atoms with van der Waals surface area (Å²) in [5.41, 5.74) is 0. The number of carboxylic acid groups (broad SMARTS) is 1. The molecule has 0 fully saturated rings. The molecule has 0 aromatic heterocycles. The van der Waals surface area contributed by atoms with E-state index in [0.29, 0.717) is 0 Å². The summed E-state index contributed by atoms with van der Waals surface area (Å²) in [6, 6.07) is 5.90. The van der Waals surface area contributed by atoms with Gasteiger partial charge in [-0.05, 0) is 12.1 Å². The molecule has 1 rings (SSSR count). The van der Waals surface area contributed by atoms with Crippen LogP contribution in [0.25, 0.3) is 0 Å². The van der Waals surface area contributed by atoms with Crippen LogP contribution in [0.2, 0.25) is 5.02 Å². The summed E-state index contributed by atoms with van der Waals surface area (Å²) in [5, 5.41) is 10.2. The second-order valence-electron chi connectivity index (χ2n) is 2.95. The van der Waals surface area contributed by atoms with Gasteiger partial charge < -0.3 is 9.90 Å². The Morgan fingerprint density at radius 2 is 2.00 bits per heavy atom. The number of halogens is 1. The quantitative estimate of drug-likeness (QED) is 0.793. The molecule has 0 unspecified atom stereocenters. The average molecular weight is 263 g/mol. The lowest BCUT2D eigenvalue weighted by atomic mass is 10.4. The van der Waals surface area contributed by atoms with Crippen molar-refractivity contribution >= 4 is 27.6 Å². The summed E-state index contributed by atoms with van der Waals surface area (Å²) in [5.74, 6) is -1.32. The van der Waals surface area contributed by atoms with Crippen LogP contribution >= 0.6 is 11.6 Å². The Labute approximate surface area is 98.1 Å². The van der Waals surface area contributed by atoms with Gasteiger partial charge in [-0.2, -0.15) is 0 Å². The Morgan fingerprint density at radius 1 is 1.38 bits per heavy atom. The topological polar surface area (TPSA) is 86.3 Å². The fourth-order valence-corrected chi connectivity index (χ4v) is 2.58. The zero-order valence-electron chi connectivity index (χ0n) is 8.14. The number of hydrogen-bond acceptors (Lipinski definition) is 4. The first-order chi connectivity index (χ1) is 7.43. The predicted octanol–water partition coefficient (Wildman–Crippen LogP) is -0.242. The second kappa shape index (κ2) is 5.29. The highest BCUT2D eigenvalue weighted by molar-refractivity contribution is 7.89. The molecule has 0 aliphatic carbocycles. The molecule has 1 aromatic carbocycles. The van der Waals surface area contributed by atoms with E-state index in [-0.39, 0.29) is 22.9 Å². The molecule has 16 heavy (non-hydrogen) atoms. The van der Waals surface area contributed by atoms with Crippen LogP contribution in [0.3, 0.4) is 0 Å². The Hall–Kier alpha value is -1.11. The zero-order chi connectivity index (χ0) is 12.2. The van der Waals surface area contributed by atoms with Gasteiger partial charge in [0.15, 0.2) is 0 Å². The van der Waals surface area contributed by atoms with Crippen molar-refractivity contribution in [3.8, 4) is 0 Å². The molecule has 0 radical (unpaired) electrons.